The number of ketones is 1. The van der Waals surface area contributed by atoms with Gasteiger partial charge >= 0.3 is 6.09 Å². The molecule has 0 unspecified atom stereocenters. The molecule has 3 atom stereocenters. The van der Waals surface area contributed by atoms with Crippen LogP contribution in [-0.2, 0) is 9.53 Å². The van der Waals surface area contributed by atoms with Gasteiger partial charge in [-0.2, -0.15) is 0 Å². The molecule has 2 heterocycles. The molecule has 1 amide bonds. The topological polar surface area (TPSA) is 46.6 Å². The highest BCUT2D eigenvalue weighted by atomic mass is 16.5. The molecule has 0 N–H and O–H groups in total. The van der Waals surface area contributed by atoms with Gasteiger partial charge in [-0.25, -0.2) is 4.79 Å². The number of methoxy groups -OCH3 is 1. The van der Waals surface area contributed by atoms with E-state index in [1.165, 1.54) is 7.11 Å². The quantitative estimate of drug-likeness (QED) is 0.634. The largest absolute Gasteiger partial charge is 0.453 e. The molecule has 1 fully saturated rings. The minimum absolute atomic E-state index is 0.0807. The first kappa shape index (κ1) is 11.2. The Morgan fingerprint density at radius 2 is 2.19 bits per heavy atom. The first-order valence-electron chi connectivity index (χ1n) is 5.51. The molecule has 2 bridgehead atoms. The molecule has 0 radical (unpaired) electrons. The van der Waals surface area contributed by atoms with Gasteiger partial charge in [0.25, 0.3) is 0 Å². The van der Waals surface area contributed by atoms with Crippen molar-refractivity contribution in [1.82, 2.24) is 4.90 Å². The van der Waals surface area contributed by atoms with Crippen LogP contribution in [0.1, 0.15) is 20.3 Å². The standard InChI is InChI=1S/C12H17NO3/c1-8(14)9-6-12(2)5-4-10(9)13(7-12)11(15)16-3/h4-5,9-10H,6-7H2,1-3H3/t9-,10-,12+/m0/s1. The predicted molar refractivity (Wildman–Crippen MR) is 58.9 cm³/mol. The van der Waals surface area contributed by atoms with Gasteiger partial charge < -0.3 is 9.64 Å². The van der Waals surface area contributed by atoms with Crippen LogP contribution in [0.3, 0.4) is 0 Å². The third-order valence-electron chi connectivity index (χ3n) is 3.62. The number of carbonyl (C=O) groups excluding carboxylic acids is 2. The summed E-state index contributed by atoms with van der Waals surface area (Å²) in [6.45, 7) is 4.31. The number of piperidine rings is 1. The number of rotatable bonds is 1. The van der Waals surface area contributed by atoms with Gasteiger partial charge in [0.05, 0.1) is 13.2 Å². The average molecular weight is 223 g/mol. The van der Waals surface area contributed by atoms with Crippen molar-refractivity contribution in [1.29, 1.82) is 0 Å². The summed E-state index contributed by atoms with van der Waals surface area (Å²) in [5, 5.41) is 0. The first-order chi connectivity index (χ1) is 7.47. The SMILES string of the molecule is COC(=O)N1C[C@]2(C)C=C[C@H]1[C@H](C(C)=O)C2. The van der Waals surface area contributed by atoms with E-state index in [2.05, 4.69) is 13.0 Å². The molecule has 4 nitrogen and oxygen atoms in total. The van der Waals surface area contributed by atoms with Crippen molar-refractivity contribution >= 4 is 11.9 Å². The minimum Gasteiger partial charge on any atom is -0.453 e. The van der Waals surface area contributed by atoms with Gasteiger partial charge in [-0.1, -0.05) is 19.1 Å². The summed E-state index contributed by atoms with van der Waals surface area (Å²) in [6.07, 6.45) is 4.58. The van der Waals surface area contributed by atoms with E-state index in [0.29, 0.717) is 6.54 Å². The molecule has 0 aromatic rings. The molecular formula is C12H17NO3. The van der Waals surface area contributed by atoms with Gasteiger partial charge in [0, 0.05) is 17.9 Å². The van der Waals surface area contributed by atoms with E-state index in [4.69, 9.17) is 4.74 Å². The minimum atomic E-state index is -0.341. The second kappa shape index (κ2) is 3.61. The molecule has 1 aliphatic carbocycles. The van der Waals surface area contributed by atoms with Gasteiger partial charge in [-0.15, -0.1) is 0 Å². The Morgan fingerprint density at radius 3 is 2.69 bits per heavy atom. The predicted octanol–water partition coefficient (Wildman–Crippen LogP) is 1.61. The monoisotopic (exact) mass is 223 g/mol. The molecular weight excluding hydrogens is 206 g/mol. The van der Waals surface area contributed by atoms with Crippen molar-refractivity contribution < 1.29 is 14.3 Å². The zero-order valence-corrected chi connectivity index (χ0v) is 9.90. The zero-order valence-electron chi connectivity index (χ0n) is 9.90. The Balaban J connectivity index is 2.31. The third-order valence-corrected chi connectivity index (χ3v) is 3.62. The van der Waals surface area contributed by atoms with E-state index in [9.17, 15) is 9.59 Å². The Bertz CT molecular complexity index is 363. The van der Waals surface area contributed by atoms with Crippen molar-refractivity contribution in [3.05, 3.63) is 12.2 Å². The van der Waals surface area contributed by atoms with E-state index >= 15 is 0 Å². The highest BCUT2D eigenvalue weighted by Crippen LogP contribution is 2.43. The van der Waals surface area contributed by atoms with Crippen molar-refractivity contribution in [2.45, 2.75) is 26.3 Å². The number of hydrogen-bond donors (Lipinski definition) is 0. The Kier molecular flexibility index (Phi) is 2.52. The highest BCUT2D eigenvalue weighted by Gasteiger charge is 2.47. The van der Waals surface area contributed by atoms with Gasteiger partial charge in [0.1, 0.15) is 5.78 Å². The number of hydrogen-bond acceptors (Lipinski definition) is 3. The molecule has 3 aliphatic rings. The van der Waals surface area contributed by atoms with Crippen LogP contribution in [0.4, 0.5) is 4.79 Å². The normalized spacial score (nSPS) is 36.3. The van der Waals surface area contributed by atoms with Crippen molar-refractivity contribution in [2.75, 3.05) is 13.7 Å². The summed E-state index contributed by atoms with van der Waals surface area (Å²) in [7, 11) is 1.37. The van der Waals surface area contributed by atoms with Crippen molar-refractivity contribution in [3.8, 4) is 0 Å². The molecule has 1 saturated heterocycles. The smallest absolute Gasteiger partial charge is 0.410 e. The summed E-state index contributed by atoms with van der Waals surface area (Å²) >= 11 is 0. The number of ether oxygens (including phenoxy) is 1. The fourth-order valence-electron chi connectivity index (χ4n) is 2.78. The molecule has 3 rings (SSSR count). The van der Waals surface area contributed by atoms with Crippen LogP contribution < -0.4 is 0 Å². The molecule has 0 aromatic carbocycles. The lowest BCUT2D eigenvalue weighted by atomic mass is 9.67. The number of amides is 1. The van der Waals surface area contributed by atoms with Crippen molar-refractivity contribution in [3.63, 3.8) is 0 Å². The van der Waals surface area contributed by atoms with E-state index < -0.39 is 0 Å². The zero-order chi connectivity index (χ0) is 11.9. The second-order valence-corrected chi connectivity index (χ2v) is 5.02. The summed E-state index contributed by atoms with van der Waals surface area (Å²) in [4.78, 5) is 24.9. The first-order valence-corrected chi connectivity index (χ1v) is 5.51. The maximum absolute atomic E-state index is 11.6. The lowest BCUT2D eigenvalue weighted by Crippen LogP contribution is -2.58. The van der Waals surface area contributed by atoms with E-state index in [0.717, 1.165) is 6.42 Å². The Hall–Kier alpha value is -1.32. The van der Waals surface area contributed by atoms with E-state index in [1.807, 2.05) is 6.08 Å². The summed E-state index contributed by atoms with van der Waals surface area (Å²) in [5.74, 6) is 0.0667. The third kappa shape index (κ3) is 1.62. The van der Waals surface area contributed by atoms with Crippen LogP contribution in [0.5, 0.6) is 0 Å². The van der Waals surface area contributed by atoms with Gasteiger partial charge in [-0.3, -0.25) is 4.79 Å². The maximum atomic E-state index is 11.6. The Labute approximate surface area is 95.2 Å². The van der Waals surface area contributed by atoms with Crippen molar-refractivity contribution in [2.24, 2.45) is 11.3 Å². The number of Topliss-reactive ketones (excluding diaryl/α,β-unsaturated/α-hetero) is 1. The Morgan fingerprint density at radius 1 is 1.50 bits per heavy atom. The lowest BCUT2D eigenvalue weighted by molar-refractivity contribution is -0.125. The fraction of sp³-hybridized carbons (Fsp3) is 0.667. The lowest BCUT2D eigenvalue weighted by Gasteiger charge is -2.50. The van der Waals surface area contributed by atoms with Gasteiger partial charge in [0.15, 0.2) is 0 Å². The van der Waals surface area contributed by atoms with Crippen LogP contribution in [0.2, 0.25) is 0 Å². The molecule has 0 spiro atoms. The summed E-state index contributed by atoms with van der Waals surface area (Å²) in [5.41, 5.74) is -0.0841. The van der Waals surface area contributed by atoms with Crippen LogP contribution in [0, 0.1) is 11.3 Å². The van der Waals surface area contributed by atoms with Crippen LogP contribution in [-0.4, -0.2) is 36.5 Å². The molecule has 0 saturated carbocycles. The van der Waals surface area contributed by atoms with Gasteiger partial charge in [-0.05, 0) is 13.3 Å². The molecule has 16 heavy (non-hydrogen) atoms. The molecule has 4 heteroatoms. The average Bonchev–Trinajstić information content (AvgIpc) is 2.26. The van der Waals surface area contributed by atoms with Crippen LogP contribution >= 0.6 is 0 Å². The number of carbonyl (C=O) groups is 2. The van der Waals surface area contributed by atoms with Crippen LogP contribution in [0.15, 0.2) is 12.2 Å². The molecule has 88 valence electrons. The van der Waals surface area contributed by atoms with E-state index in [1.54, 1.807) is 11.8 Å². The van der Waals surface area contributed by atoms with E-state index in [-0.39, 0.29) is 29.3 Å². The fourth-order valence-corrected chi connectivity index (χ4v) is 2.78. The number of nitrogens with zero attached hydrogens (tertiary/aromatic N) is 1. The second-order valence-electron chi connectivity index (χ2n) is 5.02. The molecule has 0 aromatic heterocycles. The summed E-state index contributed by atoms with van der Waals surface area (Å²) < 4.78 is 4.76. The maximum Gasteiger partial charge on any atom is 0.410 e. The number of fused-ring (bicyclic) bond motifs is 2. The highest BCUT2D eigenvalue weighted by molar-refractivity contribution is 5.81. The molecule has 2 aliphatic heterocycles. The summed E-state index contributed by atoms with van der Waals surface area (Å²) in [6, 6.07) is -0.119. The van der Waals surface area contributed by atoms with Gasteiger partial charge in [0.2, 0.25) is 0 Å². The van der Waals surface area contributed by atoms with Crippen LogP contribution in [0.25, 0.3) is 0 Å².